The highest BCUT2D eigenvalue weighted by molar-refractivity contribution is 5.80. The van der Waals surface area contributed by atoms with Crippen LogP contribution in [0.15, 0.2) is 6.07 Å². The molecular formula is C12H21N5O. The second kappa shape index (κ2) is 7.47. The molecule has 1 rings (SSSR count). The normalized spacial score (nSPS) is 9.94. The Morgan fingerprint density at radius 3 is 2.61 bits per heavy atom. The number of carbonyl (C=O) groups excluding carboxylic acids is 1. The van der Waals surface area contributed by atoms with Gasteiger partial charge in [-0.3, -0.25) is 4.79 Å². The maximum absolute atomic E-state index is 11.5. The first-order valence-corrected chi connectivity index (χ1v) is 6.25. The second-order valence-electron chi connectivity index (χ2n) is 3.86. The summed E-state index contributed by atoms with van der Waals surface area (Å²) in [5.74, 6) is 2.13. The molecule has 0 aliphatic heterocycles. The highest BCUT2D eigenvalue weighted by Crippen LogP contribution is 2.10. The Kier molecular flexibility index (Phi) is 5.90. The zero-order valence-corrected chi connectivity index (χ0v) is 11.2. The van der Waals surface area contributed by atoms with Gasteiger partial charge in [0.15, 0.2) is 0 Å². The summed E-state index contributed by atoms with van der Waals surface area (Å²) in [7, 11) is 1.81. The Hall–Kier alpha value is -1.85. The van der Waals surface area contributed by atoms with Gasteiger partial charge in [-0.2, -0.15) is 0 Å². The van der Waals surface area contributed by atoms with Gasteiger partial charge in [0.05, 0.1) is 6.54 Å². The van der Waals surface area contributed by atoms with Crippen LogP contribution >= 0.6 is 0 Å². The summed E-state index contributed by atoms with van der Waals surface area (Å²) in [5.41, 5.74) is 0. The van der Waals surface area contributed by atoms with E-state index in [1.54, 1.807) is 13.1 Å². The number of amides is 1. The van der Waals surface area contributed by atoms with Crippen molar-refractivity contribution in [3.05, 3.63) is 11.9 Å². The van der Waals surface area contributed by atoms with Crippen LogP contribution in [0, 0.1) is 0 Å². The molecule has 0 spiro atoms. The summed E-state index contributed by atoms with van der Waals surface area (Å²) in [6, 6.07) is 1.78. The fourth-order valence-electron chi connectivity index (χ4n) is 1.37. The lowest BCUT2D eigenvalue weighted by Gasteiger charge is -2.09. The molecular weight excluding hydrogens is 230 g/mol. The van der Waals surface area contributed by atoms with E-state index in [0.29, 0.717) is 12.4 Å². The van der Waals surface area contributed by atoms with Crippen LogP contribution in [0.2, 0.25) is 0 Å². The van der Waals surface area contributed by atoms with E-state index in [0.717, 1.165) is 24.5 Å². The van der Waals surface area contributed by atoms with Crippen molar-refractivity contribution >= 4 is 17.5 Å². The topological polar surface area (TPSA) is 78.9 Å². The number of aryl methyl sites for hydroxylation is 1. The molecule has 0 unspecified atom stereocenters. The lowest BCUT2D eigenvalue weighted by Crippen LogP contribution is -2.30. The van der Waals surface area contributed by atoms with Gasteiger partial charge in [0, 0.05) is 26.1 Å². The first-order chi connectivity index (χ1) is 8.69. The van der Waals surface area contributed by atoms with E-state index >= 15 is 0 Å². The van der Waals surface area contributed by atoms with E-state index in [9.17, 15) is 4.79 Å². The number of nitrogens with one attached hydrogen (secondary N) is 3. The summed E-state index contributed by atoms with van der Waals surface area (Å²) in [6.45, 7) is 4.94. The van der Waals surface area contributed by atoms with Gasteiger partial charge in [-0.15, -0.1) is 0 Å². The number of carbonyl (C=O) groups is 1. The first-order valence-electron chi connectivity index (χ1n) is 6.25. The molecule has 1 aromatic heterocycles. The molecule has 1 aromatic rings. The van der Waals surface area contributed by atoms with E-state index in [2.05, 4.69) is 25.9 Å². The number of anilines is 2. The van der Waals surface area contributed by atoms with Gasteiger partial charge in [-0.05, 0) is 6.42 Å². The molecule has 1 heterocycles. The molecule has 3 N–H and O–H groups in total. The molecule has 0 saturated heterocycles. The van der Waals surface area contributed by atoms with E-state index in [-0.39, 0.29) is 12.5 Å². The molecule has 0 bridgehead atoms. The summed E-state index contributed by atoms with van der Waals surface area (Å²) in [4.78, 5) is 20.0. The third kappa shape index (κ3) is 4.57. The fraction of sp³-hybridized carbons (Fsp3) is 0.583. The molecule has 18 heavy (non-hydrogen) atoms. The number of rotatable bonds is 7. The molecule has 0 aliphatic carbocycles. The van der Waals surface area contributed by atoms with Gasteiger partial charge >= 0.3 is 0 Å². The minimum atomic E-state index is -0.0282. The Balaban J connectivity index is 2.58. The number of hydrogen-bond donors (Lipinski definition) is 3. The largest absolute Gasteiger partial charge is 0.373 e. The van der Waals surface area contributed by atoms with Crippen molar-refractivity contribution in [1.82, 2.24) is 15.3 Å². The average Bonchev–Trinajstić information content (AvgIpc) is 2.42. The predicted octanol–water partition coefficient (Wildman–Crippen LogP) is 1.02. The van der Waals surface area contributed by atoms with Crippen LogP contribution in [0.3, 0.4) is 0 Å². The van der Waals surface area contributed by atoms with Crippen LogP contribution in [-0.2, 0) is 11.2 Å². The van der Waals surface area contributed by atoms with Crippen molar-refractivity contribution in [2.24, 2.45) is 0 Å². The molecule has 1 amide bonds. The van der Waals surface area contributed by atoms with Crippen molar-refractivity contribution in [2.75, 3.05) is 30.8 Å². The molecule has 0 saturated carbocycles. The maximum Gasteiger partial charge on any atom is 0.239 e. The third-order valence-electron chi connectivity index (χ3n) is 2.35. The Bertz CT molecular complexity index is 372. The highest BCUT2D eigenvalue weighted by atomic mass is 16.1. The van der Waals surface area contributed by atoms with Crippen molar-refractivity contribution in [1.29, 1.82) is 0 Å². The van der Waals surface area contributed by atoms with Gasteiger partial charge in [-0.1, -0.05) is 13.8 Å². The minimum absolute atomic E-state index is 0.0282. The lowest BCUT2D eigenvalue weighted by molar-refractivity contribution is -0.119. The smallest absolute Gasteiger partial charge is 0.239 e. The molecule has 100 valence electrons. The third-order valence-corrected chi connectivity index (χ3v) is 2.35. The van der Waals surface area contributed by atoms with Crippen LogP contribution in [0.1, 0.15) is 26.1 Å². The summed E-state index contributed by atoms with van der Waals surface area (Å²) < 4.78 is 0. The monoisotopic (exact) mass is 251 g/mol. The van der Waals surface area contributed by atoms with Crippen LogP contribution < -0.4 is 16.0 Å². The van der Waals surface area contributed by atoms with Gasteiger partial charge in [0.2, 0.25) is 5.91 Å². The van der Waals surface area contributed by atoms with Gasteiger partial charge < -0.3 is 16.0 Å². The molecule has 0 aromatic carbocycles. The minimum Gasteiger partial charge on any atom is -0.373 e. The zero-order chi connectivity index (χ0) is 13.4. The molecule has 0 atom stereocenters. The van der Waals surface area contributed by atoms with Gasteiger partial charge in [0.25, 0.3) is 0 Å². The second-order valence-corrected chi connectivity index (χ2v) is 3.86. The number of nitrogens with zero attached hydrogens (tertiary/aromatic N) is 2. The Morgan fingerprint density at radius 2 is 2.00 bits per heavy atom. The van der Waals surface area contributed by atoms with Crippen LogP contribution in [0.5, 0.6) is 0 Å². The summed E-state index contributed by atoms with van der Waals surface area (Å²) in [6.07, 6.45) is 1.69. The van der Waals surface area contributed by atoms with Crippen LogP contribution in [0.25, 0.3) is 0 Å². The standard InChI is InChI=1S/C12H21N5O/c1-4-6-14-12(18)8-15-11-7-10(13-3)16-9(5-2)17-11/h7H,4-6,8H2,1-3H3,(H,14,18)(H2,13,15,16,17). The SMILES string of the molecule is CCCNC(=O)CNc1cc(NC)nc(CC)n1. The quantitative estimate of drug-likeness (QED) is 0.674. The van der Waals surface area contributed by atoms with Crippen molar-refractivity contribution in [2.45, 2.75) is 26.7 Å². The van der Waals surface area contributed by atoms with Crippen LogP contribution in [-0.4, -0.2) is 36.0 Å². The van der Waals surface area contributed by atoms with Gasteiger partial charge in [0.1, 0.15) is 17.5 Å². The average molecular weight is 251 g/mol. The highest BCUT2D eigenvalue weighted by Gasteiger charge is 2.04. The van der Waals surface area contributed by atoms with E-state index in [1.807, 2.05) is 13.8 Å². The molecule has 6 nitrogen and oxygen atoms in total. The van der Waals surface area contributed by atoms with Crippen molar-refractivity contribution in [3.63, 3.8) is 0 Å². The lowest BCUT2D eigenvalue weighted by atomic mass is 10.4. The summed E-state index contributed by atoms with van der Waals surface area (Å²) >= 11 is 0. The van der Waals surface area contributed by atoms with E-state index in [1.165, 1.54) is 0 Å². The summed E-state index contributed by atoms with van der Waals surface area (Å²) in [5, 5.41) is 8.77. The maximum atomic E-state index is 11.5. The number of hydrogen-bond acceptors (Lipinski definition) is 5. The Morgan fingerprint density at radius 1 is 1.28 bits per heavy atom. The fourth-order valence-corrected chi connectivity index (χ4v) is 1.37. The molecule has 0 radical (unpaired) electrons. The van der Waals surface area contributed by atoms with Crippen molar-refractivity contribution in [3.8, 4) is 0 Å². The molecule has 0 aliphatic rings. The van der Waals surface area contributed by atoms with E-state index in [4.69, 9.17) is 0 Å². The first kappa shape index (κ1) is 14.2. The van der Waals surface area contributed by atoms with Crippen LogP contribution in [0.4, 0.5) is 11.6 Å². The predicted molar refractivity (Wildman–Crippen MR) is 72.7 cm³/mol. The van der Waals surface area contributed by atoms with Crippen molar-refractivity contribution < 1.29 is 4.79 Å². The zero-order valence-electron chi connectivity index (χ0n) is 11.2. The molecule has 0 fully saturated rings. The number of aromatic nitrogens is 2. The van der Waals surface area contributed by atoms with E-state index < -0.39 is 0 Å². The van der Waals surface area contributed by atoms with Gasteiger partial charge in [-0.25, -0.2) is 9.97 Å². The molecule has 6 heteroatoms. The Labute approximate surface area is 108 Å².